The van der Waals surface area contributed by atoms with E-state index in [0.717, 1.165) is 39.2 Å². The zero-order valence-corrected chi connectivity index (χ0v) is 23.0. The summed E-state index contributed by atoms with van der Waals surface area (Å²) < 4.78 is 8.44. The summed E-state index contributed by atoms with van der Waals surface area (Å²) in [6, 6.07) is 51.9. The molecule has 8 aromatic rings. The fourth-order valence-corrected chi connectivity index (χ4v) is 6.81. The fraction of sp³-hybridized carbons (Fsp3) is 0. The normalized spacial score (nSPS) is 11.4. The smallest absolute Gasteiger partial charge is 0.134 e. The van der Waals surface area contributed by atoms with Gasteiger partial charge in [0.05, 0.1) is 6.26 Å². The summed E-state index contributed by atoms with van der Waals surface area (Å²) in [6.45, 7) is 0. The Bertz CT molecular complexity index is 2140. The van der Waals surface area contributed by atoms with E-state index < -0.39 is 0 Å². The van der Waals surface area contributed by atoms with Crippen molar-refractivity contribution in [3.8, 4) is 22.3 Å². The maximum atomic E-state index is 5.83. The van der Waals surface area contributed by atoms with Crippen LogP contribution in [0.3, 0.4) is 0 Å². The standard InChI is InChI=1S/C38H25NOS/c1-2-8-26(9-3-1)27-14-18-29(19-15-27)39(31-22-23-38-34(24-31)33-11-5-7-13-37(33)41-38)30-20-16-28(17-21-30)35-25-40-36-12-6-4-10-32(35)36/h1-25H. The molecular formula is C38H25NOS. The maximum Gasteiger partial charge on any atom is 0.134 e. The molecule has 2 heterocycles. The van der Waals surface area contributed by atoms with Crippen molar-refractivity contribution in [3.63, 3.8) is 0 Å². The number of rotatable bonds is 5. The number of para-hydroxylation sites is 1. The fourth-order valence-electron chi connectivity index (χ4n) is 5.73. The minimum absolute atomic E-state index is 0.906. The third-order valence-electron chi connectivity index (χ3n) is 7.77. The second-order valence-corrected chi connectivity index (χ2v) is 11.3. The number of anilines is 3. The summed E-state index contributed by atoms with van der Waals surface area (Å²) in [6.07, 6.45) is 1.86. The van der Waals surface area contributed by atoms with Crippen molar-refractivity contribution in [2.75, 3.05) is 4.90 Å². The molecular weight excluding hydrogens is 518 g/mol. The molecule has 0 aliphatic heterocycles. The quantitative estimate of drug-likeness (QED) is 0.215. The van der Waals surface area contributed by atoms with Crippen LogP contribution in [0.2, 0.25) is 0 Å². The minimum Gasteiger partial charge on any atom is -0.464 e. The van der Waals surface area contributed by atoms with E-state index in [2.05, 4.69) is 138 Å². The molecule has 0 aliphatic rings. The average Bonchev–Trinajstić information content (AvgIpc) is 3.64. The molecule has 2 aromatic heterocycles. The summed E-state index contributed by atoms with van der Waals surface area (Å²) >= 11 is 1.85. The molecule has 0 bridgehead atoms. The largest absolute Gasteiger partial charge is 0.464 e. The second-order valence-electron chi connectivity index (χ2n) is 10.2. The molecule has 41 heavy (non-hydrogen) atoms. The van der Waals surface area contributed by atoms with Crippen LogP contribution in [0.5, 0.6) is 0 Å². The highest BCUT2D eigenvalue weighted by atomic mass is 32.1. The third kappa shape index (κ3) is 4.19. The Morgan fingerprint density at radius 3 is 1.80 bits per heavy atom. The highest BCUT2D eigenvalue weighted by molar-refractivity contribution is 7.25. The van der Waals surface area contributed by atoms with Crippen LogP contribution in [0.1, 0.15) is 0 Å². The van der Waals surface area contributed by atoms with Crippen molar-refractivity contribution < 1.29 is 4.42 Å². The van der Waals surface area contributed by atoms with Gasteiger partial charge < -0.3 is 9.32 Å². The van der Waals surface area contributed by atoms with Crippen LogP contribution in [0.25, 0.3) is 53.4 Å². The van der Waals surface area contributed by atoms with E-state index in [4.69, 9.17) is 4.42 Å². The lowest BCUT2D eigenvalue weighted by Gasteiger charge is -2.26. The van der Waals surface area contributed by atoms with Crippen molar-refractivity contribution in [3.05, 3.63) is 152 Å². The number of hydrogen-bond acceptors (Lipinski definition) is 3. The van der Waals surface area contributed by atoms with Gasteiger partial charge in [-0.3, -0.25) is 0 Å². The summed E-state index contributed by atoms with van der Waals surface area (Å²) in [7, 11) is 0. The van der Waals surface area contributed by atoms with Crippen LogP contribution in [0.15, 0.2) is 156 Å². The Kier molecular flexibility index (Phi) is 5.68. The Labute approximate surface area is 242 Å². The molecule has 0 aliphatic carbocycles. The number of nitrogens with zero attached hydrogens (tertiary/aromatic N) is 1. The van der Waals surface area contributed by atoms with Crippen LogP contribution in [0.4, 0.5) is 17.1 Å². The first-order valence-corrected chi connectivity index (χ1v) is 14.6. The van der Waals surface area contributed by atoms with E-state index in [0.29, 0.717) is 0 Å². The highest BCUT2D eigenvalue weighted by Gasteiger charge is 2.16. The first kappa shape index (κ1) is 23.7. The van der Waals surface area contributed by atoms with Crippen LogP contribution in [-0.4, -0.2) is 0 Å². The van der Waals surface area contributed by atoms with Gasteiger partial charge in [-0.2, -0.15) is 0 Å². The van der Waals surface area contributed by atoms with Crippen molar-refractivity contribution >= 4 is 59.5 Å². The summed E-state index contributed by atoms with van der Waals surface area (Å²) in [5.74, 6) is 0. The van der Waals surface area contributed by atoms with Crippen molar-refractivity contribution in [2.45, 2.75) is 0 Å². The van der Waals surface area contributed by atoms with Crippen molar-refractivity contribution in [2.24, 2.45) is 0 Å². The molecule has 0 unspecified atom stereocenters. The van der Waals surface area contributed by atoms with E-state index in [-0.39, 0.29) is 0 Å². The van der Waals surface area contributed by atoms with Crippen molar-refractivity contribution in [1.82, 2.24) is 0 Å². The summed E-state index contributed by atoms with van der Waals surface area (Å²) in [5.41, 5.74) is 8.93. The summed E-state index contributed by atoms with van der Waals surface area (Å²) in [5, 5.41) is 3.72. The van der Waals surface area contributed by atoms with E-state index in [1.807, 2.05) is 29.7 Å². The number of furan rings is 1. The SMILES string of the molecule is c1ccc(-c2ccc(N(c3ccc(-c4coc5ccccc45)cc3)c3ccc4sc5ccccc5c4c3)cc2)cc1. The number of hydrogen-bond donors (Lipinski definition) is 0. The Morgan fingerprint density at radius 1 is 0.439 bits per heavy atom. The third-order valence-corrected chi connectivity index (χ3v) is 8.92. The van der Waals surface area contributed by atoms with Gasteiger partial charge in [-0.1, -0.05) is 91.0 Å². The van der Waals surface area contributed by atoms with Gasteiger partial charge in [0.1, 0.15) is 5.58 Å². The predicted molar refractivity (Wildman–Crippen MR) is 175 cm³/mol. The lowest BCUT2D eigenvalue weighted by Crippen LogP contribution is -2.09. The number of fused-ring (bicyclic) bond motifs is 4. The van der Waals surface area contributed by atoms with E-state index >= 15 is 0 Å². The van der Waals surface area contributed by atoms with E-state index in [9.17, 15) is 0 Å². The van der Waals surface area contributed by atoms with Gasteiger partial charge in [0, 0.05) is 48.2 Å². The van der Waals surface area contributed by atoms with Gasteiger partial charge in [-0.25, -0.2) is 0 Å². The number of benzene rings is 6. The van der Waals surface area contributed by atoms with Gasteiger partial charge in [-0.15, -0.1) is 11.3 Å². The van der Waals surface area contributed by atoms with Crippen LogP contribution < -0.4 is 4.90 Å². The molecule has 0 radical (unpaired) electrons. The maximum absolute atomic E-state index is 5.83. The van der Waals surface area contributed by atoms with Gasteiger partial charge in [0.25, 0.3) is 0 Å². The molecule has 0 amide bonds. The highest BCUT2D eigenvalue weighted by Crippen LogP contribution is 2.41. The van der Waals surface area contributed by atoms with Gasteiger partial charge >= 0.3 is 0 Å². The molecule has 0 saturated carbocycles. The molecule has 3 heteroatoms. The van der Waals surface area contributed by atoms with Crippen LogP contribution >= 0.6 is 11.3 Å². The molecule has 2 nitrogen and oxygen atoms in total. The molecule has 0 atom stereocenters. The molecule has 0 fully saturated rings. The minimum atomic E-state index is 0.906. The molecule has 0 spiro atoms. The lowest BCUT2D eigenvalue weighted by molar-refractivity contribution is 0.617. The Morgan fingerprint density at radius 2 is 1.02 bits per heavy atom. The van der Waals surface area contributed by atoms with Crippen LogP contribution in [-0.2, 0) is 0 Å². The van der Waals surface area contributed by atoms with Gasteiger partial charge in [0.15, 0.2) is 0 Å². The van der Waals surface area contributed by atoms with E-state index in [1.165, 1.54) is 31.3 Å². The first-order valence-electron chi connectivity index (χ1n) is 13.8. The molecule has 0 N–H and O–H groups in total. The van der Waals surface area contributed by atoms with Gasteiger partial charge in [0.2, 0.25) is 0 Å². The Hall–Kier alpha value is -5.12. The van der Waals surface area contributed by atoms with Crippen LogP contribution in [0, 0.1) is 0 Å². The average molecular weight is 544 g/mol. The molecule has 8 rings (SSSR count). The monoisotopic (exact) mass is 543 g/mol. The van der Waals surface area contributed by atoms with Crippen molar-refractivity contribution in [1.29, 1.82) is 0 Å². The second kappa shape index (κ2) is 9.81. The summed E-state index contributed by atoms with van der Waals surface area (Å²) in [4.78, 5) is 2.35. The topological polar surface area (TPSA) is 16.4 Å². The van der Waals surface area contributed by atoms with Gasteiger partial charge in [-0.05, 0) is 71.3 Å². The van der Waals surface area contributed by atoms with E-state index in [1.54, 1.807) is 0 Å². The lowest BCUT2D eigenvalue weighted by atomic mass is 10.0. The molecule has 194 valence electrons. The number of thiophene rings is 1. The zero-order valence-electron chi connectivity index (χ0n) is 22.2. The molecule has 0 saturated heterocycles. The predicted octanol–water partition coefficient (Wildman–Crippen LogP) is 11.6. The molecule has 6 aromatic carbocycles. The zero-order chi connectivity index (χ0) is 27.2. The first-order chi connectivity index (χ1) is 20.3. The Balaban J connectivity index is 1.25.